The largest absolute Gasteiger partial charge is 0.497 e. The lowest BCUT2D eigenvalue weighted by molar-refractivity contribution is -0.119. The van der Waals surface area contributed by atoms with Crippen LogP contribution in [-0.2, 0) is 4.79 Å². The van der Waals surface area contributed by atoms with E-state index in [9.17, 15) is 9.59 Å². The Labute approximate surface area is 139 Å². The maximum atomic E-state index is 11.7. The van der Waals surface area contributed by atoms with Gasteiger partial charge in [0.15, 0.2) is 0 Å². The van der Waals surface area contributed by atoms with Crippen LogP contribution < -0.4 is 15.5 Å². The number of hydrazone groups is 1. The predicted molar refractivity (Wildman–Crippen MR) is 90.6 cm³/mol. The minimum Gasteiger partial charge on any atom is -0.497 e. The van der Waals surface area contributed by atoms with Gasteiger partial charge in [0, 0.05) is 11.3 Å². The minimum atomic E-state index is -1.05. The van der Waals surface area contributed by atoms with Crippen LogP contribution in [0, 0.1) is 0 Å². The summed E-state index contributed by atoms with van der Waals surface area (Å²) in [5.74, 6) is -0.675. The number of methoxy groups -OCH3 is 1. The first-order valence-corrected chi connectivity index (χ1v) is 7.12. The van der Waals surface area contributed by atoms with E-state index in [1.54, 1.807) is 49.6 Å². The molecule has 0 saturated heterocycles. The maximum Gasteiger partial charge on any atom is 0.336 e. The Bertz CT molecular complexity index is 742. The average Bonchev–Trinajstić information content (AvgIpc) is 2.60. The van der Waals surface area contributed by atoms with Crippen molar-refractivity contribution < 1.29 is 19.4 Å². The van der Waals surface area contributed by atoms with Gasteiger partial charge in [-0.15, -0.1) is 0 Å². The lowest BCUT2D eigenvalue weighted by Crippen LogP contribution is -2.25. The number of nitrogens with one attached hydrogen (secondary N) is 2. The van der Waals surface area contributed by atoms with Crippen molar-refractivity contribution in [2.24, 2.45) is 5.10 Å². The van der Waals surface area contributed by atoms with Crippen LogP contribution in [0.25, 0.3) is 0 Å². The average molecular weight is 327 g/mol. The van der Waals surface area contributed by atoms with E-state index < -0.39 is 5.97 Å². The number of carboxylic acid groups (broad SMARTS) is 1. The van der Waals surface area contributed by atoms with Gasteiger partial charge in [-0.2, -0.15) is 5.10 Å². The highest BCUT2D eigenvalue weighted by molar-refractivity contribution is 5.98. The van der Waals surface area contributed by atoms with Crippen LogP contribution in [0.4, 0.5) is 5.69 Å². The summed E-state index contributed by atoms with van der Waals surface area (Å²) in [5, 5.41) is 15.8. The number of rotatable bonds is 7. The standard InChI is InChI=1S/C17H17N3O4/c1-24-14-8-6-13(7-9-14)18-11-16(21)20-19-10-12-4-2-3-5-15(12)17(22)23/h2-10,18H,11H2,1H3,(H,20,21)(H,22,23). The molecular formula is C17H17N3O4. The second kappa shape index (κ2) is 8.33. The van der Waals surface area contributed by atoms with Crippen molar-refractivity contribution in [2.75, 3.05) is 19.0 Å². The van der Waals surface area contributed by atoms with Crippen molar-refractivity contribution in [3.63, 3.8) is 0 Å². The highest BCUT2D eigenvalue weighted by atomic mass is 16.5. The highest BCUT2D eigenvalue weighted by Gasteiger charge is 2.06. The lowest BCUT2D eigenvalue weighted by Gasteiger charge is -2.06. The van der Waals surface area contributed by atoms with Crippen molar-refractivity contribution in [2.45, 2.75) is 0 Å². The molecule has 2 rings (SSSR count). The lowest BCUT2D eigenvalue weighted by atomic mass is 10.1. The SMILES string of the molecule is COc1ccc(NCC(=O)NN=Cc2ccccc2C(=O)O)cc1. The molecule has 24 heavy (non-hydrogen) atoms. The summed E-state index contributed by atoms with van der Waals surface area (Å²) in [7, 11) is 1.58. The number of nitrogens with zero attached hydrogens (tertiary/aromatic N) is 1. The molecule has 1 amide bonds. The van der Waals surface area contributed by atoms with Crippen LogP contribution in [0.15, 0.2) is 53.6 Å². The molecule has 2 aromatic rings. The molecule has 0 aromatic heterocycles. The normalized spacial score (nSPS) is 10.4. The van der Waals surface area contributed by atoms with E-state index in [-0.39, 0.29) is 18.0 Å². The van der Waals surface area contributed by atoms with Crippen LogP contribution in [0.3, 0.4) is 0 Å². The number of hydrogen-bond acceptors (Lipinski definition) is 5. The Morgan fingerprint density at radius 2 is 1.88 bits per heavy atom. The molecule has 7 nitrogen and oxygen atoms in total. The van der Waals surface area contributed by atoms with Crippen LogP contribution in [0.2, 0.25) is 0 Å². The molecule has 0 spiro atoms. The van der Waals surface area contributed by atoms with Crippen molar-refractivity contribution in [3.8, 4) is 5.75 Å². The summed E-state index contributed by atoms with van der Waals surface area (Å²) >= 11 is 0. The van der Waals surface area contributed by atoms with Crippen LogP contribution in [0.5, 0.6) is 5.75 Å². The summed E-state index contributed by atoms with van der Waals surface area (Å²) in [6, 6.07) is 13.5. The molecule has 0 fully saturated rings. The molecule has 0 atom stereocenters. The van der Waals surface area contributed by atoms with Gasteiger partial charge in [0.25, 0.3) is 5.91 Å². The number of hydrogen-bond donors (Lipinski definition) is 3. The fraction of sp³-hybridized carbons (Fsp3) is 0.118. The first-order chi connectivity index (χ1) is 11.6. The number of amides is 1. The van der Waals surface area contributed by atoms with Crippen molar-refractivity contribution >= 4 is 23.8 Å². The zero-order valence-corrected chi connectivity index (χ0v) is 13.0. The smallest absolute Gasteiger partial charge is 0.336 e. The Morgan fingerprint density at radius 3 is 2.54 bits per heavy atom. The zero-order valence-electron chi connectivity index (χ0n) is 13.0. The number of carbonyl (C=O) groups is 2. The fourth-order valence-corrected chi connectivity index (χ4v) is 1.91. The maximum absolute atomic E-state index is 11.7. The zero-order chi connectivity index (χ0) is 17.4. The van der Waals surface area contributed by atoms with E-state index in [1.807, 2.05) is 0 Å². The van der Waals surface area contributed by atoms with Gasteiger partial charge < -0.3 is 15.2 Å². The predicted octanol–water partition coefficient (Wildman–Crippen LogP) is 1.96. The molecule has 3 N–H and O–H groups in total. The third-order valence-electron chi connectivity index (χ3n) is 3.13. The van der Waals surface area contributed by atoms with Crippen molar-refractivity contribution in [1.29, 1.82) is 0 Å². The second-order valence-electron chi connectivity index (χ2n) is 4.77. The van der Waals surface area contributed by atoms with Crippen LogP contribution in [-0.4, -0.2) is 36.9 Å². The van der Waals surface area contributed by atoms with E-state index in [2.05, 4.69) is 15.8 Å². The Kier molecular flexibility index (Phi) is 5.90. The molecule has 0 aliphatic heterocycles. The monoisotopic (exact) mass is 327 g/mol. The van der Waals surface area contributed by atoms with Crippen molar-refractivity contribution in [1.82, 2.24) is 5.43 Å². The molecule has 0 saturated carbocycles. The third-order valence-corrected chi connectivity index (χ3v) is 3.13. The van der Waals surface area contributed by atoms with Gasteiger partial charge in [0.2, 0.25) is 0 Å². The topological polar surface area (TPSA) is 100 Å². The summed E-state index contributed by atoms with van der Waals surface area (Å²) in [4.78, 5) is 22.8. The van der Waals surface area contributed by atoms with E-state index >= 15 is 0 Å². The van der Waals surface area contributed by atoms with Gasteiger partial charge >= 0.3 is 5.97 Å². The Morgan fingerprint density at radius 1 is 1.17 bits per heavy atom. The molecule has 124 valence electrons. The Balaban J connectivity index is 1.85. The molecule has 0 unspecified atom stereocenters. The summed E-state index contributed by atoms with van der Waals surface area (Å²) < 4.78 is 5.05. The van der Waals surface area contributed by atoms with Gasteiger partial charge in [-0.1, -0.05) is 18.2 Å². The molecule has 0 aliphatic carbocycles. The molecule has 2 aromatic carbocycles. The van der Waals surface area contributed by atoms with Gasteiger partial charge in [0.1, 0.15) is 5.75 Å². The van der Waals surface area contributed by atoms with E-state index in [0.29, 0.717) is 5.56 Å². The molecule has 7 heteroatoms. The van der Waals surface area contributed by atoms with Gasteiger partial charge in [-0.25, -0.2) is 10.2 Å². The first kappa shape index (κ1) is 17.0. The quantitative estimate of drug-likeness (QED) is 0.533. The molecule has 0 aliphatic rings. The van der Waals surface area contributed by atoms with Gasteiger partial charge in [-0.05, 0) is 30.3 Å². The van der Waals surface area contributed by atoms with Gasteiger partial charge in [-0.3, -0.25) is 4.79 Å². The number of anilines is 1. The van der Waals surface area contributed by atoms with Crippen molar-refractivity contribution in [3.05, 3.63) is 59.7 Å². The summed E-state index contributed by atoms with van der Waals surface area (Å²) in [6.45, 7) is 0.0320. The number of carbonyl (C=O) groups excluding carboxylic acids is 1. The summed E-state index contributed by atoms with van der Waals surface area (Å²) in [6.07, 6.45) is 1.30. The van der Waals surface area contributed by atoms with Crippen LogP contribution in [0.1, 0.15) is 15.9 Å². The highest BCUT2D eigenvalue weighted by Crippen LogP contribution is 2.14. The minimum absolute atomic E-state index is 0.0320. The molecule has 0 heterocycles. The second-order valence-corrected chi connectivity index (χ2v) is 4.77. The Hall–Kier alpha value is -3.35. The first-order valence-electron chi connectivity index (χ1n) is 7.12. The van der Waals surface area contributed by atoms with E-state index in [0.717, 1.165) is 11.4 Å². The fourth-order valence-electron chi connectivity index (χ4n) is 1.91. The van der Waals surface area contributed by atoms with Gasteiger partial charge in [0.05, 0.1) is 25.4 Å². The third kappa shape index (κ3) is 4.84. The number of ether oxygens (including phenoxy) is 1. The molecular weight excluding hydrogens is 310 g/mol. The van der Waals surface area contributed by atoms with E-state index in [1.165, 1.54) is 12.3 Å². The molecule has 0 bridgehead atoms. The summed E-state index contributed by atoms with van der Waals surface area (Å²) in [5.41, 5.74) is 3.64. The molecule has 0 radical (unpaired) electrons. The van der Waals surface area contributed by atoms with Crippen LogP contribution >= 0.6 is 0 Å². The number of benzene rings is 2. The number of carboxylic acids is 1. The number of aromatic carboxylic acids is 1. The van der Waals surface area contributed by atoms with E-state index in [4.69, 9.17) is 9.84 Å².